The lowest BCUT2D eigenvalue weighted by Gasteiger charge is -2.05. The molecule has 0 aliphatic rings. The Morgan fingerprint density at radius 2 is 2.17 bits per heavy atom. The molecule has 0 radical (unpaired) electrons. The van der Waals surface area contributed by atoms with E-state index in [0.29, 0.717) is 0 Å². The highest BCUT2D eigenvalue weighted by atomic mass is 35.5. The summed E-state index contributed by atoms with van der Waals surface area (Å²) in [5.74, 6) is -1.84. The predicted molar refractivity (Wildman–Crippen MR) is 61.5 cm³/mol. The Balaban J connectivity index is 2.44. The Morgan fingerprint density at radius 1 is 1.44 bits per heavy atom. The maximum absolute atomic E-state index is 12.9. The van der Waals surface area contributed by atoms with Gasteiger partial charge in [-0.25, -0.2) is 4.39 Å². The largest absolute Gasteiger partial charge is 0.493 e. The van der Waals surface area contributed by atoms with Crippen LogP contribution in [0.2, 0.25) is 5.02 Å². The Bertz CT molecular complexity index is 612. The zero-order valence-corrected chi connectivity index (χ0v) is 9.73. The third-order valence-electron chi connectivity index (χ3n) is 2.21. The van der Waals surface area contributed by atoms with Gasteiger partial charge in [0, 0.05) is 6.07 Å². The van der Waals surface area contributed by atoms with Gasteiger partial charge in [0.05, 0.1) is 22.8 Å². The highest BCUT2D eigenvalue weighted by Gasteiger charge is 2.13. The van der Waals surface area contributed by atoms with Crippen LogP contribution >= 0.6 is 11.6 Å². The number of nitrogens with zero attached hydrogens (tertiary/aromatic N) is 2. The van der Waals surface area contributed by atoms with Crippen LogP contribution in [0.1, 0.15) is 5.69 Å². The summed E-state index contributed by atoms with van der Waals surface area (Å²) in [5.41, 5.74) is 0.451. The van der Waals surface area contributed by atoms with Crippen molar-refractivity contribution in [2.75, 3.05) is 0 Å². The smallest absolute Gasteiger partial charge is 0.309 e. The van der Waals surface area contributed by atoms with E-state index in [0.717, 1.165) is 10.7 Å². The van der Waals surface area contributed by atoms with Crippen molar-refractivity contribution in [3.05, 3.63) is 40.8 Å². The monoisotopic (exact) mass is 270 g/mol. The van der Waals surface area contributed by atoms with Gasteiger partial charge in [0.2, 0.25) is 5.88 Å². The summed E-state index contributed by atoms with van der Waals surface area (Å²) >= 11 is 5.82. The molecule has 0 amide bonds. The summed E-state index contributed by atoms with van der Waals surface area (Å²) in [7, 11) is 0. The fourth-order valence-corrected chi connectivity index (χ4v) is 1.74. The molecule has 5 nitrogen and oxygen atoms in total. The number of carboxylic acid groups (broad SMARTS) is 1. The highest BCUT2D eigenvalue weighted by Crippen LogP contribution is 2.25. The lowest BCUT2D eigenvalue weighted by Crippen LogP contribution is -2.03. The summed E-state index contributed by atoms with van der Waals surface area (Å²) in [4.78, 5) is 10.5. The molecule has 1 aromatic heterocycles. The number of rotatable bonds is 3. The van der Waals surface area contributed by atoms with Crippen molar-refractivity contribution in [3.8, 4) is 11.6 Å². The molecule has 2 rings (SSSR count). The van der Waals surface area contributed by atoms with Crippen molar-refractivity contribution in [1.29, 1.82) is 0 Å². The number of aromatic hydroxyl groups is 1. The Kier molecular flexibility index (Phi) is 3.20. The van der Waals surface area contributed by atoms with Crippen molar-refractivity contribution >= 4 is 17.6 Å². The molecule has 2 aromatic rings. The molecule has 0 fully saturated rings. The number of aromatic nitrogens is 2. The van der Waals surface area contributed by atoms with Crippen molar-refractivity contribution in [2.45, 2.75) is 6.42 Å². The van der Waals surface area contributed by atoms with Crippen LogP contribution in [0, 0.1) is 5.82 Å². The third-order valence-corrected chi connectivity index (χ3v) is 2.51. The van der Waals surface area contributed by atoms with Crippen LogP contribution in [-0.2, 0) is 11.2 Å². The Hall–Kier alpha value is -2.08. The standard InChI is InChI=1S/C11H8ClFN2O3/c12-8-3-6(13)1-2-9(8)15-10(16)4-7(14-15)5-11(17)18/h1-4,16H,5H2,(H,17,18). The number of benzene rings is 1. The van der Waals surface area contributed by atoms with Crippen molar-refractivity contribution in [2.24, 2.45) is 0 Å². The first-order valence-corrected chi connectivity index (χ1v) is 5.30. The number of carbonyl (C=O) groups is 1. The van der Waals surface area contributed by atoms with Gasteiger partial charge in [-0.05, 0) is 18.2 Å². The molecular weight excluding hydrogens is 263 g/mol. The first-order chi connectivity index (χ1) is 8.47. The second-order valence-electron chi connectivity index (χ2n) is 3.57. The van der Waals surface area contributed by atoms with E-state index in [4.69, 9.17) is 16.7 Å². The quantitative estimate of drug-likeness (QED) is 0.894. The van der Waals surface area contributed by atoms with Gasteiger partial charge >= 0.3 is 5.97 Å². The molecule has 2 N–H and O–H groups in total. The minimum atomic E-state index is -1.06. The SMILES string of the molecule is O=C(O)Cc1cc(O)n(-c2ccc(F)cc2Cl)n1. The van der Waals surface area contributed by atoms with Crippen molar-refractivity contribution < 1.29 is 19.4 Å². The zero-order chi connectivity index (χ0) is 13.3. The molecular formula is C11H8ClFN2O3. The Morgan fingerprint density at radius 3 is 2.78 bits per heavy atom. The molecule has 1 heterocycles. The number of hydrogen-bond acceptors (Lipinski definition) is 3. The van der Waals surface area contributed by atoms with Gasteiger partial charge in [-0.15, -0.1) is 0 Å². The van der Waals surface area contributed by atoms with E-state index in [1.54, 1.807) is 0 Å². The summed E-state index contributed by atoms with van der Waals surface area (Å²) in [6.45, 7) is 0. The molecule has 1 aromatic carbocycles. The lowest BCUT2D eigenvalue weighted by atomic mass is 10.3. The van der Waals surface area contributed by atoms with Gasteiger partial charge in [0.25, 0.3) is 0 Å². The molecule has 7 heteroatoms. The van der Waals surface area contributed by atoms with Crippen LogP contribution in [-0.4, -0.2) is 26.0 Å². The average Bonchev–Trinajstić information content (AvgIpc) is 2.58. The van der Waals surface area contributed by atoms with E-state index in [2.05, 4.69) is 5.10 Å². The molecule has 0 aliphatic carbocycles. The summed E-state index contributed by atoms with van der Waals surface area (Å²) in [6, 6.07) is 4.80. The van der Waals surface area contributed by atoms with Gasteiger partial charge < -0.3 is 10.2 Å². The normalized spacial score (nSPS) is 10.6. The maximum Gasteiger partial charge on any atom is 0.309 e. The molecule has 0 saturated heterocycles. The number of hydrogen-bond donors (Lipinski definition) is 2. The summed E-state index contributed by atoms with van der Waals surface area (Å²) in [6.07, 6.45) is -0.320. The van der Waals surface area contributed by atoms with Crippen molar-refractivity contribution in [1.82, 2.24) is 9.78 Å². The summed E-state index contributed by atoms with van der Waals surface area (Å²) in [5, 5.41) is 22.2. The first-order valence-electron chi connectivity index (χ1n) is 4.92. The molecule has 0 saturated carbocycles. The van der Waals surface area contributed by atoms with E-state index in [1.807, 2.05) is 0 Å². The van der Waals surface area contributed by atoms with E-state index in [9.17, 15) is 14.3 Å². The molecule has 0 aliphatic heterocycles. The molecule has 0 spiro atoms. The fourth-order valence-electron chi connectivity index (χ4n) is 1.49. The second kappa shape index (κ2) is 4.66. The first kappa shape index (κ1) is 12.4. The van der Waals surface area contributed by atoms with Gasteiger partial charge in [0.15, 0.2) is 0 Å². The molecule has 18 heavy (non-hydrogen) atoms. The van der Waals surface area contributed by atoms with E-state index < -0.39 is 11.8 Å². The van der Waals surface area contributed by atoms with E-state index >= 15 is 0 Å². The average molecular weight is 271 g/mol. The van der Waals surface area contributed by atoms with Gasteiger partial charge in [-0.3, -0.25) is 4.79 Å². The second-order valence-corrected chi connectivity index (χ2v) is 3.98. The van der Waals surface area contributed by atoms with Crippen LogP contribution in [0.3, 0.4) is 0 Å². The lowest BCUT2D eigenvalue weighted by molar-refractivity contribution is -0.136. The molecule has 0 atom stereocenters. The highest BCUT2D eigenvalue weighted by molar-refractivity contribution is 6.32. The maximum atomic E-state index is 12.9. The van der Waals surface area contributed by atoms with Gasteiger partial charge in [-0.1, -0.05) is 11.6 Å². The van der Waals surface area contributed by atoms with Crippen LogP contribution in [0.4, 0.5) is 4.39 Å². The van der Waals surface area contributed by atoms with Gasteiger partial charge in [-0.2, -0.15) is 9.78 Å². The number of carboxylic acids is 1. The third kappa shape index (κ3) is 2.43. The minimum absolute atomic E-state index is 0.0651. The predicted octanol–water partition coefficient (Wildman–Crippen LogP) is 2.00. The Labute approximate surface area is 106 Å². The minimum Gasteiger partial charge on any atom is -0.493 e. The van der Waals surface area contributed by atoms with Crippen LogP contribution < -0.4 is 0 Å². The van der Waals surface area contributed by atoms with Crippen LogP contribution in [0.5, 0.6) is 5.88 Å². The van der Waals surface area contributed by atoms with E-state index in [-0.39, 0.29) is 28.7 Å². The molecule has 94 valence electrons. The number of aliphatic carboxylic acids is 1. The molecule has 0 bridgehead atoms. The van der Waals surface area contributed by atoms with Crippen molar-refractivity contribution in [3.63, 3.8) is 0 Å². The number of halogens is 2. The summed E-state index contributed by atoms with van der Waals surface area (Å²) < 4.78 is 13.9. The molecule has 0 unspecified atom stereocenters. The van der Waals surface area contributed by atoms with Gasteiger partial charge in [0.1, 0.15) is 5.82 Å². The zero-order valence-electron chi connectivity index (χ0n) is 8.97. The fraction of sp³-hybridized carbons (Fsp3) is 0.0909. The van der Waals surface area contributed by atoms with Crippen LogP contribution in [0.25, 0.3) is 5.69 Å². The van der Waals surface area contributed by atoms with Crippen LogP contribution in [0.15, 0.2) is 24.3 Å². The van der Waals surface area contributed by atoms with E-state index in [1.165, 1.54) is 18.2 Å². The topological polar surface area (TPSA) is 75.3 Å².